The van der Waals surface area contributed by atoms with E-state index in [0.29, 0.717) is 6.04 Å². The van der Waals surface area contributed by atoms with E-state index in [1.54, 1.807) is 6.08 Å². The molecule has 0 radical (unpaired) electrons. The van der Waals surface area contributed by atoms with Gasteiger partial charge in [-0.25, -0.2) is 0 Å². The van der Waals surface area contributed by atoms with E-state index < -0.39 is 0 Å². The molecule has 3 heteroatoms. The minimum atomic E-state index is -0.0870. The third-order valence-corrected chi connectivity index (χ3v) is 5.17. The van der Waals surface area contributed by atoms with Crippen LogP contribution in [0.25, 0.3) is 6.08 Å². The first-order chi connectivity index (χ1) is 12.7. The van der Waals surface area contributed by atoms with E-state index in [4.69, 9.17) is 0 Å². The largest absolute Gasteiger partial charge is 0.322 e. The molecular formula is C23H28N2O. The number of nitrogens with zero attached hydrogens (tertiary/aromatic N) is 1. The second kappa shape index (κ2) is 9.35. The van der Waals surface area contributed by atoms with Gasteiger partial charge in [0.25, 0.3) is 0 Å². The number of piperidine rings is 1. The van der Waals surface area contributed by atoms with Gasteiger partial charge in [0.05, 0.1) is 0 Å². The van der Waals surface area contributed by atoms with Crippen molar-refractivity contribution in [2.75, 3.05) is 18.9 Å². The van der Waals surface area contributed by atoms with Crippen molar-refractivity contribution in [2.24, 2.45) is 0 Å². The van der Waals surface area contributed by atoms with Crippen LogP contribution in [-0.4, -0.2) is 30.4 Å². The second-order valence-corrected chi connectivity index (χ2v) is 7.06. The van der Waals surface area contributed by atoms with Gasteiger partial charge in [0.2, 0.25) is 5.91 Å². The minimum absolute atomic E-state index is 0.0870. The van der Waals surface area contributed by atoms with Gasteiger partial charge in [-0.05, 0) is 62.5 Å². The Morgan fingerprint density at radius 1 is 1.12 bits per heavy atom. The molecule has 0 saturated carbocycles. The lowest BCUT2D eigenvalue weighted by Gasteiger charge is -2.32. The maximum Gasteiger partial charge on any atom is 0.248 e. The summed E-state index contributed by atoms with van der Waals surface area (Å²) in [4.78, 5) is 14.8. The van der Waals surface area contributed by atoms with Crippen molar-refractivity contribution in [3.63, 3.8) is 0 Å². The van der Waals surface area contributed by atoms with Crippen LogP contribution in [0.15, 0.2) is 60.7 Å². The fourth-order valence-electron chi connectivity index (χ4n) is 3.60. The van der Waals surface area contributed by atoms with Crippen LogP contribution < -0.4 is 5.32 Å². The van der Waals surface area contributed by atoms with Crippen LogP contribution in [0.4, 0.5) is 5.69 Å². The number of benzene rings is 2. The van der Waals surface area contributed by atoms with Crippen LogP contribution in [0, 0.1) is 0 Å². The first-order valence-electron chi connectivity index (χ1n) is 9.54. The molecule has 1 aliphatic rings. The van der Waals surface area contributed by atoms with E-state index in [9.17, 15) is 4.79 Å². The molecule has 2 aromatic rings. The summed E-state index contributed by atoms with van der Waals surface area (Å²) in [7, 11) is 2.23. The average molecular weight is 348 g/mol. The first-order valence-corrected chi connectivity index (χ1v) is 9.54. The minimum Gasteiger partial charge on any atom is -0.322 e. The lowest BCUT2D eigenvalue weighted by atomic mass is 9.96. The molecule has 3 rings (SSSR count). The van der Waals surface area contributed by atoms with Crippen molar-refractivity contribution >= 4 is 17.7 Å². The van der Waals surface area contributed by atoms with Gasteiger partial charge in [0.1, 0.15) is 0 Å². The normalized spacial score (nSPS) is 18.1. The van der Waals surface area contributed by atoms with Gasteiger partial charge in [-0.15, -0.1) is 0 Å². The molecule has 1 atom stereocenters. The lowest BCUT2D eigenvalue weighted by molar-refractivity contribution is -0.111. The van der Waals surface area contributed by atoms with Gasteiger partial charge in [0.15, 0.2) is 0 Å². The smallest absolute Gasteiger partial charge is 0.248 e. The SMILES string of the molecule is CN1CCCC[C@@H]1CCc1ccccc1NC(=O)C=Cc1ccccc1. The zero-order valence-electron chi connectivity index (χ0n) is 15.5. The molecule has 1 N–H and O–H groups in total. The number of carbonyl (C=O) groups excluding carboxylic acids is 1. The molecule has 0 unspecified atom stereocenters. The third kappa shape index (κ3) is 5.30. The van der Waals surface area contributed by atoms with Crippen molar-refractivity contribution in [3.05, 3.63) is 71.8 Å². The van der Waals surface area contributed by atoms with Crippen molar-refractivity contribution in [2.45, 2.75) is 38.1 Å². The number of nitrogens with one attached hydrogen (secondary N) is 1. The molecule has 136 valence electrons. The Morgan fingerprint density at radius 3 is 2.69 bits per heavy atom. The fraction of sp³-hybridized carbons (Fsp3) is 0.348. The predicted octanol–water partition coefficient (Wildman–Crippen LogP) is 4.76. The number of hydrogen-bond acceptors (Lipinski definition) is 2. The number of aryl methyl sites for hydroxylation is 1. The van der Waals surface area contributed by atoms with Crippen molar-refractivity contribution < 1.29 is 4.79 Å². The molecular weight excluding hydrogens is 320 g/mol. The second-order valence-electron chi connectivity index (χ2n) is 7.06. The molecule has 0 aliphatic carbocycles. The predicted molar refractivity (Wildman–Crippen MR) is 109 cm³/mol. The zero-order chi connectivity index (χ0) is 18.2. The third-order valence-electron chi connectivity index (χ3n) is 5.17. The van der Waals surface area contributed by atoms with E-state index in [2.05, 4.69) is 29.4 Å². The summed E-state index contributed by atoms with van der Waals surface area (Å²) < 4.78 is 0. The molecule has 2 aromatic carbocycles. The van der Waals surface area contributed by atoms with E-state index in [-0.39, 0.29) is 5.91 Å². The molecule has 26 heavy (non-hydrogen) atoms. The molecule has 0 bridgehead atoms. The maximum absolute atomic E-state index is 12.3. The first kappa shape index (κ1) is 18.4. The van der Waals surface area contributed by atoms with Crippen LogP contribution in [0.1, 0.15) is 36.8 Å². The molecule has 1 fully saturated rings. The highest BCUT2D eigenvalue weighted by Crippen LogP contribution is 2.23. The van der Waals surface area contributed by atoms with Crippen LogP contribution in [-0.2, 0) is 11.2 Å². The number of amides is 1. The number of para-hydroxylation sites is 1. The zero-order valence-corrected chi connectivity index (χ0v) is 15.5. The number of rotatable bonds is 6. The molecule has 3 nitrogen and oxygen atoms in total. The van der Waals surface area contributed by atoms with E-state index >= 15 is 0 Å². The van der Waals surface area contributed by atoms with Crippen LogP contribution in [0.5, 0.6) is 0 Å². The standard InChI is InChI=1S/C23H28N2O/c1-25-18-8-7-12-21(25)16-15-20-11-5-6-13-22(20)24-23(26)17-14-19-9-3-2-4-10-19/h2-6,9-11,13-14,17,21H,7-8,12,15-16,18H2,1H3,(H,24,26)/t21-/m1/s1. The topological polar surface area (TPSA) is 32.3 Å². The quantitative estimate of drug-likeness (QED) is 0.764. The number of anilines is 1. The Hall–Kier alpha value is -2.39. The highest BCUT2D eigenvalue weighted by atomic mass is 16.1. The Morgan fingerprint density at radius 2 is 1.88 bits per heavy atom. The highest BCUT2D eigenvalue weighted by molar-refractivity contribution is 6.02. The molecule has 1 aliphatic heterocycles. The Balaban J connectivity index is 1.59. The molecule has 1 saturated heterocycles. The molecule has 1 amide bonds. The molecule has 1 heterocycles. The summed E-state index contributed by atoms with van der Waals surface area (Å²) >= 11 is 0. The lowest BCUT2D eigenvalue weighted by Crippen LogP contribution is -2.36. The Kier molecular flexibility index (Phi) is 6.62. The summed E-state index contributed by atoms with van der Waals surface area (Å²) in [5.41, 5.74) is 3.16. The summed E-state index contributed by atoms with van der Waals surface area (Å²) in [5, 5.41) is 3.04. The summed E-state index contributed by atoms with van der Waals surface area (Å²) in [6.07, 6.45) is 9.50. The Bertz CT molecular complexity index is 739. The van der Waals surface area contributed by atoms with Gasteiger partial charge in [-0.1, -0.05) is 55.0 Å². The maximum atomic E-state index is 12.3. The monoisotopic (exact) mass is 348 g/mol. The van der Waals surface area contributed by atoms with E-state index in [1.807, 2.05) is 48.5 Å². The van der Waals surface area contributed by atoms with Crippen molar-refractivity contribution in [3.8, 4) is 0 Å². The van der Waals surface area contributed by atoms with Gasteiger partial charge in [0, 0.05) is 17.8 Å². The average Bonchev–Trinajstić information content (AvgIpc) is 2.68. The van der Waals surface area contributed by atoms with Gasteiger partial charge in [-0.3, -0.25) is 4.79 Å². The fourth-order valence-corrected chi connectivity index (χ4v) is 3.60. The molecule has 0 aromatic heterocycles. The molecule has 0 spiro atoms. The summed E-state index contributed by atoms with van der Waals surface area (Å²) in [6, 6.07) is 18.7. The summed E-state index contributed by atoms with van der Waals surface area (Å²) in [6.45, 7) is 1.20. The van der Waals surface area contributed by atoms with Gasteiger partial charge < -0.3 is 10.2 Å². The van der Waals surface area contributed by atoms with E-state index in [1.165, 1.54) is 31.4 Å². The highest BCUT2D eigenvalue weighted by Gasteiger charge is 2.18. The van der Waals surface area contributed by atoms with Crippen LogP contribution >= 0.6 is 0 Å². The van der Waals surface area contributed by atoms with Gasteiger partial charge in [-0.2, -0.15) is 0 Å². The van der Waals surface area contributed by atoms with Gasteiger partial charge >= 0.3 is 0 Å². The number of carbonyl (C=O) groups is 1. The van der Waals surface area contributed by atoms with Crippen LogP contribution in [0.2, 0.25) is 0 Å². The Labute approximate surface area is 156 Å². The number of likely N-dealkylation sites (tertiary alicyclic amines) is 1. The summed E-state index contributed by atoms with van der Waals surface area (Å²) in [5.74, 6) is -0.0870. The van der Waals surface area contributed by atoms with Crippen molar-refractivity contribution in [1.29, 1.82) is 0 Å². The van der Waals surface area contributed by atoms with Crippen LogP contribution in [0.3, 0.4) is 0 Å². The number of hydrogen-bond donors (Lipinski definition) is 1. The van der Waals surface area contributed by atoms with E-state index in [0.717, 1.165) is 24.1 Å². The van der Waals surface area contributed by atoms with Crippen molar-refractivity contribution in [1.82, 2.24) is 4.90 Å².